The molecule has 1 aromatic carbocycles. The summed E-state index contributed by atoms with van der Waals surface area (Å²) in [5.41, 5.74) is -0.617. The van der Waals surface area contributed by atoms with E-state index in [2.05, 4.69) is 10.6 Å². The second kappa shape index (κ2) is 5.95. The minimum atomic E-state index is -1.56. The Kier molecular flexibility index (Phi) is 4.80. The third-order valence-electron chi connectivity index (χ3n) is 2.84. The van der Waals surface area contributed by atoms with Crippen molar-refractivity contribution in [3.63, 3.8) is 0 Å². The lowest BCUT2D eigenvalue weighted by molar-refractivity contribution is -0.121. The van der Waals surface area contributed by atoms with E-state index < -0.39 is 17.5 Å². The molecule has 1 rings (SSSR count). The molecule has 0 spiro atoms. The molecule has 0 fully saturated rings. The first kappa shape index (κ1) is 15.3. The first-order valence-electron chi connectivity index (χ1n) is 5.95. The minimum absolute atomic E-state index is 0.217. The number of carbonyl (C=O) groups excluding carboxylic acids is 1. The van der Waals surface area contributed by atoms with Crippen molar-refractivity contribution >= 4 is 11.6 Å². The van der Waals surface area contributed by atoms with Crippen LogP contribution in [-0.4, -0.2) is 18.0 Å². The highest BCUT2D eigenvalue weighted by Crippen LogP contribution is 2.19. The van der Waals surface area contributed by atoms with E-state index in [1.54, 1.807) is 0 Å². The number of anilines is 1. The van der Waals surface area contributed by atoms with Crippen LogP contribution >= 0.6 is 0 Å². The molecule has 0 aliphatic carbocycles. The molecule has 2 N–H and O–H groups in total. The summed E-state index contributed by atoms with van der Waals surface area (Å²) in [6.07, 6.45) is 0.734. The van der Waals surface area contributed by atoms with Crippen molar-refractivity contribution in [1.82, 2.24) is 5.32 Å². The van der Waals surface area contributed by atoms with Gasteiger partial charge in [0.15, 0.2) is 17.5 Å². The first-order chi connectivity index (χ1) is 8.76. The first-order valence-corrected chi connectivity index (χ1v) is 5.95. The van der Waals surface area contributed by atoms with Crippen molar-refractivity contribution < 1.29 is 18.0 Å². The molecule has 1 amide bonds. The Morgan fingerprint density at radius 2 is 1.84 bits per heavy atom. The number of hydrogen-bond acceptors (Lipinski definition) is 2. The van der Waals surface area contributed by atoms with Gasteiger partial charge in [0.2, 0.25) is 5.91 Å². The largest absolute Gasteiger partial charge is 0.374 e. The standard InChI is InChI=1S/C13H17F3N2O/c1-4-13(2,3)18-10(19)7-17-9-6-5-8(14)11(15)12(9)16/h5-6,17H,4,7H2,1-3H3,(H,18,19). The zero-order valence-corrected chi connectivity index (χ0v) is 11.1. The normalized spacial score (nSPS) is 11.3. The zero-order valence-electron chi connectivity index (χ0n) is 11.1. The summed E-state index contributed by atoms with van der Waals surface area (Å²) in [7, 11) is 0. The Morgan fingerprint density at radius 3 is 2.42 bits per heavy atom. The van der Waals surface area contributed by atoms with E-state index in [4.69, 9.17) is 0 Å². The second-order valence-electron chi connectivity index (χ2n) is 4.86. The molecule has 0 aliphatic rings. The van der Waals surface area contributed by atoms with Crippen LogP contribution in [0.4, 0.5) is 18.9 Å². The third-order valence-corrected chi connectivity index (χ3v) is 2.84. The molecular weight excluding hydrogens is 257 g/mol. The fourth-order valence-corrected chi connectivity index (χ4v) is 1.35. The van der Waals surface area contributed by atoms with E-state index in [1.165, 1.54) is 0 Å². The molecule has 0 aliphatic heterocycles. The van der Waals surface area contributed by atoms with E-state index in [0.29, 0.717) is 0 Å². The highest BCUT2D eigenvalue weighted by atomic mass is 19.2. The Balaban J connectivity index is 2.63. The monoisotopic (exact) mass is 274 g/mol. The van der Waals surface area contributed by atoms with Gasteiger partial charge in [0.25, 0.3) is 0 Å². The second-order valence-corrected chi connectivity index (χ2v) is 4.86. The number of hydrogen-bond donors (Lipinski definition) is 2. The van der Waals surface area contributed by atoms with E-state index in [1.807, 2.05) is 20.8 Å². The predicted molar refractivity (Wildman–Crippen MR) is 67.3 cm³/mol. The molecule has 0 heterocycles. The maximum Gasteiger partial charge on any atom is 0.239 e. The van der Waals surface area contributed by atoms with Crippen molar-refractivity contribution in [3.8, 4) is 0 Å². The van der Waals surface area contributed by atoms with Gasteiger partial charge in [0.05, 0.1) is 12.2 Å². The Morgan fingerprint density at radius 1 is 1.21 bits per heavy atom. The average molecular weight is 274 g/mol. The van der Waals surface area contributed by atoms with Crippen molar-refractivity contribution in [1.29, 1.82) is 0 Å². The van der Waals surface area contributed by atoms with E-state index in [0.717, 1.165) is 18.6 Å². The summed E-state index contributed by atoms with van der Waals surface area (Å²) in [6, 6.07) is 1.85. The summed E-state index contributed by atoms with van der Waals surface area (Å²) in [5.74, 6) is -4.50. The zero-order chi connectivity index (χ0) is 14.6. The van der Waals surface area contributed by atoms with Gasteiger partial charge in [0, 0.05) is 5.54 Å². The molecule has 0 bridgehead atoms. The Hall–Kier alpha value is -1.72. The number of benzene rings is 1. The summed E-state index contributed by atoms with van der Waals surface area (Å²) in [5, 5.41) is 5.16. The number of rotatable bonds is 5. The fourth-order valence-electron chi connectivity index (χ4n) is 1.35. The Bertz CT molecular complexity index is 475. The molecule has 6 heteroatoms. The summed E-state index contributed by atoms with van der Waals surface area (Å²) < 4.78 is 39.0. The van der Waals surface area contributed by atoms with Gasteiger partial charge in [-0.05, 0) is 32.4 Å². The summed E-state index contributed by atoms with van der Waals surface area (Å²) in [4.78, 5) is 11.6. The van der Waals surface area contributed by atoms with Gasteiger partial charge in [-0.15, -0.1) is 0 Å². The van der Waals surface area contributed by atoms with Crippen molar-refractivity contribution in [2.45, 2.75) is 32.7 Å². The van der Waals surface area contributed by atoms with Gasteiger partial charge in [-0.2, -0.15) is 0 Å². The smallest absolute Gasteiger partial charge is 0.239 e. The van der Waals surface area contributed by atoms with Crippen LogP contribution in [0.3, 0.4) is 0 Å². The molecular formula is C13H17F3N2O. The summed E-state index contributed by atoms with van der Waals surface area (Å²) in [6.45, 7) is 5.40. The SMILES string of the molecule is CCC(C)(C)NC(=O)CNc1ccc(F)c(F)c1F. The molecule has 19 heavy (non-hydrogen) atoms. The quantitative estimate of drug-likeness (QED) is 0.811. The highest BCUT2D eigenvalue weighted by Gasteiger charge is 2.18. The summed E-state index contributed by atoms with van der Waals surface area (Å²) >= 11 is 0. The predicted octanol–water partition coefficient (Wildman–Crippen LogP) is 2.82. The van der Waals surface area contributed by atoms with Crippen LogP contribution in [0.25, 0.3) is 0 Å². The number of nitrogens with one attached hydrogen (secondary N) is 2. The Labute approximate surface area is 110 Å². The van der Waals surface area contributed by atoms with E-state index in [9.17, 15) is 18.0 Å². The van der Waals surface area contributed by atoms with E-state index >= 15 is 0 Å². The molecule has 106 valence electrons. The number of halogens is 3. The van der Waals surface area contributed by atoms with Crippen molar-refractivity contribution in [2.24, 2.45) is 0 Å². The molecule has 0 saturated heterocycles. The molecule has 0 aromatic heterocycles. The van der Waals surface area contributed by atoms with Crippen LogP contribution in [-0.2, 0) is 4.79 Å². The molecule has 0 saturated carbocycles. The maximum atomic E-state index is 13.3. The van der Waals surface area contributed by atoms with Gasteiger partial charge in [-0.1, -0.05) is 6.92 Å². The van der Waals surface area contributed by atoms with Crippen molar-refractivity contribution in [2.75, 3.05) is 11.9 Å². The van der Waals surface area contributed by atoms with Crippen LogP contribution in [0.1, 0.15) is 27.2 Å². The minimum Gasteiger partial charge on any atom is -0.374 e. The van der Waals surface area contributed by atoms with Gasteiger partial charge in [-0.3, -0.25) is 4.79 Å². The average Bonchev–Trinajstić information content (AvgIpc) is 2.34. The van der Waals surface area contributed by atoms with Crippen LogP contribution in [0.2, 0.25) is 0 Å². The van der Waals surface area contributed by atoms with Gasteiger partial charge in [-0.25, -0.2) is 13.2 Å². The van der Waals surface area contributed by atoms with Crippen LogP contribution in [0, 0.1) is 17.5 Å². The van der Waals surface area contributed by atoms with Gasteiger partial charge < -0.3 is 10.6 Å². The molecule has 3 nitrogen and oxygen atoms in total. The maximum absolute atomic E-state index is 13.3. The third kappa shape index (κ3) is 4.15. The lowest BCUT2D eigenvalue weighted by Gasteiger charge is -2.24. The van der Waals surface area contributed by atoms with Gasteiger partial charge in [0.1, 0.15) is 0 Å². The molecule has 0 atom stereocenters. The topological polar surface area (TPSA) is 41.1 Å². The fraction of sp³-hybridized carbons (Fsp3) is 0.462. The lowest BCUT2D eigenvalue weighted by Crippen LogP contribution is -2.45. The van der Waals surface area contributed by atoms with Gasteiger partial charge >= 0.3 is 0 Å². The highest BCUT2D eigenvalue weighted by molar-refractivity contribution is 5.81. The molecule has 1 aromatic rings. The van der Waals surface area contributed by atoms with Crippen LogP contribution < -0.4 is 10.6 Å². The van der Waals surface area contributed by atoms with Crippen molar-refractivity contribution in [3.05, 3.63) is 29.6 Å². The van der Waals surface area contributed by atoms with Crippen LogP contribution in [0.15, 0.2) is 12.1 Å². The lowest BCUT2D eigenvalue weighted by atomic mass is 10.0. The number of carbonyl (C=O) groups is 1. The molecule has 0 radical (unpaired) electrons. The molecule has 0 unspecified atom stereocenters. The van der Waals surface area contributed by atoms with Crippen LogP contribution in [0.5, 0.6) is 0 Å². The van der Waals surface area contributed by atoms with E-state index in [-0.39, 0.29) is 23.7 Å². The number of amides is 1.